The topological polar surface area (TPSA) is 40.5 Å². The maximum Gasteiger partial charge on any atom is 0.0596 e. The fraction of sp³-hybridized carbons (Fsp3) is 0.895. The van der Waals surface area contributed by atoms with Gasteiger partial charge >= 0.3 is 0 Å². The Hall–Kier alpha value is -0.340. The van der Waals surface area contributed by atoms with E-state index >= 15 is 0 Å². The van der Waals surface area contributed by atoms with Crippen LogP contribution in [0.25, 0.3) is 0 Å². The van der Waals surface area contributed by atoms with Gasteiger partial charge in [0.15, 0.2) is 0 Å². The van der Waals surface area contributed by atoms with Crippen molar-refractivity contribution in [3.63, 3.8) is 0 Å². The first-order chi connectivity index (χ1) is 9.95. The molecule has 3 fully saturated rings. The van der Waals surface area contributed by atoms with Crippen molar-refractivity contribution in [3.05, 3.63) is 12.2 Å². The van der Waals surface area contributed by atoms with Gasteiger partial charge in [0, 0.05) is 0 Å². The molecule has 0 aliphatic heterocycles. The van der Waals surface area contributed by atoms with Crippen molar-refractivity contribution in [3.8, 4) is 0 Å². The van der Waals surface area contributed by atoms with Crippen LogP contribution in [0.5, 0.6) is 0 Å². The minimum Gasteiger partial charge on any atom is -0.393 e. The lowest BCUT2D eigenvalue weighted by Gasteiger charge is -2.58. The number of aliphatic hydroxyl groups excluding tert-OH is 2. The molecule has 4 aliphatic rings. The van der Waals surface area contributed by atoms with Crippen LogP contribution < -0.4 is 0 Å². The van der Waals surface area contributed by atoms with Gasteiger partial charge in [-0.2, -0.15) is 0 Å². The maximum atomic E-state index is 10.4. The molecule has 3 unspecified atom stereocenters. The summed E-state index contributed by atoms with van der Waals surface area (Å²) in [6, 6.07) is 0. The first-order valence-electron chi connectivity index (χ1n) is 8.99. The molecule has 21 heavy (non-hydrogen) atoms. The predicted molar refractivity (Wildman–Crippen MR) is 83.6 cm³/mol. The van der Waals surface area contributed by atoms with Gasteiger partial charge in [0.2, 0.25) is 0 Å². The summed E-state index contributed by atoms with van der Waals surface area (Å²) in [7, 11) is 0. The van der Waals surface area contributed by atoms with Crippen LogP contribution in [0.2, 0.25) is 0 Å². The van der Waals surface area contributed by atoms with E-state index in [0.29, 0.717) is 23.2 Å². The zero-order chi connectivity index (χ0) is 14.8. The van der Waals surface area contributed by atoms with E-state index in [1.165, 1.54) is 25.7 Å². The zero-order valence-corrected chi connectivity index (χ0v) is 13.5. The summed E-state index contributed by atoms with van der Waals surface area (Å²) in [6.07, 6.45) is 12.5. The third-order valence-electron chi connectivity index (χ3n) is 8.08. The van der Waals surface area contributed by atoms with E-state index in [-0.39, 0.29) is 17.6 Å². The van der Waals surface area contributed by atoms with E-state index in [1.807, 2.05) is 0 Å². The Labute approximate surface area is 128 Å². The van der Waals surface area contributed by atoms with Crippen LogP contribution in [0.1, 0.15) is 58.8 Å². The first-order valence-corrected chi connectivity index (χ1v) is 8.99. The van der Waals surface area contributed by atoms with Gasteiger partial charge in [-0.15, -0.1) is 0 Å². The van der Waals surface area contributed by atoms with Crippen molar-refractivity contribution in [1.29, 1.82) is 0 Å². The highest BCUT2D eigenvalue weighted by atomic mass is 16.3. The van der Waals surface area contributed by atoms with Crippen LogP contribution in [-0.2, 0) is 0 Å². The highest BCUT2D eigenvalue weighted by molar-refractivity contribution is 5.18. The minimum atomic E-state index is -0.0913. The molecule has 0 spiro atoms. The number of fused-ring (bicyclic) bond motifs is 5. The molecular formula is C19H30O2. The van der Waals surface area contributed by atoms with Gasteiger partial charge in [-0.25, -0.2) is 0 Å². The fourth-order valence-electron chi connectivity index (χ4n) is 6.57. The Kier molecular flexibility index (Phi) is 3.11. The van der Waals surface area contributed by atoms with Crippen LogP contribution in [0.4, 0.5) is 0 Å². The van der Waals surface area contributed by atoms with E-state index < -0.39 is 0 Å². The van der Waals surface area contributed by atoms with Crippen molar-refractivity contribution in [2.75, 3.05) is 0 Å². The summed E-state index contributed by atoms with van der Waals surface area (Å²) in [5, 5.41) is 20.5. The molecule has 118 valence electrons. The highest BCUT2D eigenvalue weighted by Crippen LogP contribution is 2.64. The summed E-state index contributed by atoms with van der Waals surface area (Å²) in [4.78, 5) is 0. The van der Waals surface area contributed by atoms with E-state index in [0.717, 1.165) is 25.2 Å². The third kappa shape index (κ3) is 1.84. The molecule has 2 heteroatoms. The van der Waals surface area contributed by atoms with Crippen LogP contribution in [0.15, 0.2) is 12.2 Å². The van der Waals surface area contributed by atoms with Gasteiger partial charge in [-0.05, 0) is 79.4 Å². The lowest BCUT2D eigenvalue weighted by Crippen LogP contribution is -2.52. The molecule has 0 aromatic rings. The van der Waals surface area contributed by atoms with E-state index in [4.69, 9.17) is 0 Å². The second kappa shape index (κ2) is 4.58. The second-order valence-electron chi connectivity index (χ2n) is 8.85. The molecule has 0 heterocycles. The summed E-state index contributed by atoms with van der Waals surface area (Å²) < 4.78 is 0. The lowest BCUT2D eigenvalue weighted by atomic mass is 9.47. The van der Waals surface area contributed by atoms with Crippen LogP contribution in [-0.4, -0.2) is 22.4 Å². The minimum absolute atomic E-state index is 0.0874. The predicted octanol–water partition coefficient (Wildman–Crippen LogP) is 3.53. The van der Waals surface area contributed by atoms with Gasteiger partial charge in [-0.3, -0.25) is 0 Å². The number of allylic oxidation sites excluding steroid dienone is 2. The molecule has 0 aromatic heterocycles. The standard InChI is InChI=1S/C19H30O2/c1-18-9-7-13(20)11-12(18)3-4-14-15-5-6-17(21)19(15,2)10-8-16(14)18/h3-4,12-17,20-21H,5-11H2,1-2H3/t12?,13?,14-,15-,16+,17?,18-,19-/m0/s1. The van der Waals surface area contributed by atoms with Gasteiger partial charge in [-0.1, -0.05) is 26.0 Å². The first kappa shape index (κ1) is 14.3. The average molecular weight is 290 g/mol. The highest BCUT2D eigenvalue weighted by Gasteiger charge is 2.58. The summed E-state index contributed by atoms with van der Waals surface area (Å²) in [5.41, 5.74) is 0.538. The largest absolute Gasteiger partial charge is 0.393 e. The van der Waals surface area contributed by atoms with Crippen molar-refractivity contribution in [2.45, 2.75) is 71.0 Å². The molecule has 4 aliphatic carbocycles. The van der Waals surface area contributed by atoms with Gasteiger partial charge in [0.25, 0.3) is 0 Å². The molecule has 8 atom stereocenters. The second-order valence-corrected chi connectivity index (χ2v) is 8.85. The van der Waals surface area contributed by atoms with Crippen molar-refractivity contribution in [1.82, 2.24) is 0 Å². The molecule has 0 radical (unpaired) electrons. The molecule has 0 saturated heterocycles. The zero-order valence-electron chi connectivity index (χ0n) is 13.5. The van der Waals surface area contributed by atoms with Crippen LogP contribution >= 0.6 is 0 Å². The molecule has 0 amide bonds. The third-order valence-corrected chi connectivity index (χ3v) is 8.08. The monoisotopic (exact) mass is 290 g/mol. The van der Waals surface area contributed by atoms with Gasteiger partial charge in [0.05, 0.1) is 12.2 Å². The smallest absolute Gasteiger partial charge is 0.0596 e. The lowest BCUT2D eigenvalue weighted by molar-refractivity contribution is -0.0894. The Morgan fingerprint density at radius 1 is 0.857 bits per heavy atom. The van der Waals surface area contributed by atoms with Crippen molar-refractivity contribution in [2.24, 2.45) is 34.5 Å². The molecule has 2 N–H and O–H groups in total. The average Bonchev–Trinajstić information content (AvgIpc) is 2.76. The molecule has 4 rings (SSSR count). The van der Waals surface area contributed by atoms with E-state index in [9.17, 15) is 10.2 Å². The molecule has 2 nitrogen and oxygen atoms in total. The van der Waals surface area contributed by atoms with Crippen LogP contribution in [0, 0.1) is 34.5 Å². The molecule has 3 saturated carbocycles. The quantitative estimate of drug-likeness (QED) is 0.670. The van der Waals surface area contributed by atoms with Gasteiger partial charge in [0.1, 0.15) is 0 Å². The SMILES string of the molecule is C[C@]12CCC(O)CC1C=C[C@@H]1[C@H]2CC[C@]2(C)C(O)CC[C@@H]12. The Balaban J connectivity index is 1.68. The van der Waals surface area contributed by atoms with E-state index in [1.54, 1.807) is 0 Å². The summed E-state index contributed by atoms with van der Waals surface area (Å²) in [6.45, 7) is 4.82. The fourth-order valence-corrected chi connectivity index (χ4v) is 6.57. The number of hydrogen-bond donors (Lipinski definition) is 2. The summed E-state index contributed by atoms with van der Waals surface area (Å²) >= 11 is 0. The Bertz CT molecular complexity index is 458. The van der Waals surface area contributed by atoms with Gasteiger partial charge < -0.3 is 10.2 Å². The number of hydrogen-bond acceptors (Lipinski definition) is 2. The molecule has 0 aromatic carbocycles. The molecule has 0 bridgehead atoms. The van der Waals surface area contributed by atoms with Crippen LogP contribution in [0.3, 0.4) is 0 Å². The number of rotatable bonds is 0. The number of aliphatic hydroxyl groups is 2. The summed E-state index contributed by atoms with van der Waals surface area (Å²) in [5.74, 6) is 2.67. The Morgan fingerprint density at radius 2 is 1.57 bits per heavy atom. The Morgan fingerprint density at radius 3 is 2.38 bits per heavy atom. The van der Waals surface area contributed by atoms with Crippen molar-refractivity contribution < 1.29 is 10.2 Å². The molecular weight excluding hydrogens is 260 g/mol. The maximum absolute atomic E-state index is 10.4. The normalized spacial score (nSPS) is 59.2. The van der Waals surface area contributed by atoms with Crippen molar-refractivity contribution >= 4 is 0 Å². The van der Waals surface area contributed by atoms with E-state index in [2.05, 4.69) is 26.0 Å².